The number of amides is 1. The highest BCUT2D eigenvalue weighted by Gasteiger charge is 2.45. The number of carbonyl (C=O) groups excluding carboxylic acids is 2. The molecule has 2 aromatic carbocycles. The average Bonchev–Trinajstić information content (AvgIpc) is 2.86. The monoisotopic (exact) mass is 509 g/mol. The minimum absolute atomic E-state index is 0.203. The van der Waals surface area contributed by atoms with Gasteiger partial charge in [0.15, 0.2) is 11.6 Å². The zero-order chi connectivity index (χ0) is 26.6. The Labute approximate surface area is 201 Å². The SMILES string of the molecule is COCC1=C(C(=O)OC)C(c2c(F)ccc(F)c2F)N(C(=O)Oc2ccc([N+](=O)[O-])cc2)C(OC)=N1. The highest BCUT2D eigenvalue weighted by atomic mass is 19.2. The lowest BCUT2D eigenvalue weighted by Crippen LogP contribution is -2.47. The molecular formula is C22H18F3N3O8. The van der Waals surface area contributed by atoms with E-state index < -0.39 is 57.6 Å². The Kier molecular flexibility index (Phi) is 7.89. The summed E-state index contributed by atoms with van der Waals surface area (Å²) in [5, 5.41) is 10.9. The van der Waals surface area contributed by atoms with Gasteiger partial charge in [-0.05, 0) is 24.3 Å². The van der Waals surface area contributed by atoms with Crippen LogP contribution < -0.4 is 4.74 Å². The third kappa shape index (κ3) is 4.98. The number of nitrogens with zero attached hydrogens (tertiary/aromatic N) is 3. The van der Waals surface area contributed by atoms with Crippen molar-refractivity contribution in [3.05, 3.63) is 80.8 Å². The summed E-state index contributed by atoms with van der Waals surface area (Å²) >= 11 is 0. The normalized spacial score (nSPS) is 15.3. The minimum atomic E-state index is -2.00. The Balaban J connectivity index is 2.21. The second-order valence-corrected chi connectivity index (χ2v) is 7.03. The zero-order valence-corrected chi connectivity index (χ0v) is 19.0. The molecule has 1 atom stereocenters. The molecule has 0 aliphatic carbocycles. The molecule has 0 bridgehead atoms. The molecular weight excluding hydrogens is 491 g/mol. The molecule has 0 saturated carbocycles. The molecule has 1 amide bonds. The van der Waals surface area contributed by atoms with Crippen LogP contribution in [0, 0.1) is 27.6 Å². The quantitative estimate of drug-likeness (QED) is 0.250. The molecule has 1 aliphatic rings. The molecule has 0 radical (unpaired) electrons. The fraction of sp³-hybridized carbons (Fsp3) is 0.227. The van der Waals surface area contributed by atoms with Crippen LogP contribution in [0.5, 0.6) is 5.75 Å². The summed E-state index contributed by atoms with van der Waals surface area (Å²) in [6.45, 7) is -0.377. The van der Waals surface area contributed by atoms with Gasteiger partial charge in [0.05, 0.1) is 42.6 Å². The molecule has 0 N–H and O–H groups in total. The van der Waals surface area contributed by atoms with Crippen LogP contribution in [0.15, 0.2) is 52.7 Å². The number of aliphatic imine (C=N–C) groups is 1. The lowest BCUT2D eigenvalue weighted by molar-refractivity contribution is -0.384. The van der Waals surface area contributed by atoms with Gasteiger partial charge in [-0.2, -0.15) is 4.99 Å². The van der Waals surface area contributed by atoms with Gasteiger partial charge in [-0.1, -0.05) is 0 Å². The van der Waals surface area contributed by atoms with E-state index >= 15 is 0 Å². The smallest absolute Gasteiger partial charge is 0.424 e. The summed E-state index contributed by atoms with van der Waals surface area (Å²) in [4.78, 5) is 40.7. The molecule has 2 aromatic rings. The van der Waals surface area contributed by atoms with Crippen LogP contribution in [0.1, 0.15) is 11.6 Å². The van der Waals surface area contributed by atoms with Crippen LogP contribution in [0.3, 0.4) is 0 Å². The van der Waals surface area contributed by atoms with E-state index in [0.717, 1.165) is 38.5 Å². The van der Waals surface area contributed by atoms with Gasteiger partial charge in [0.2, 0.25) is 0 Å². The first kappa shape index (κ1) is 26.2. The first-order chi connectivity index (χ1) is 17.1. The van der Waals surface area contributed by atoms with E-state index in [0.29, 0.717) is 17.0 Å². The fourth-order valence-corrected chi connectivity index (χ4v) is 3.39. The second kappa shape index (κ2) is 10.9. The number of benzene rings is 2. The number of nitro groups is 1. The molecule has 0 aromatic heterocycles. The largest absolute Gasteiger partial charge is 0.468 e. The van der Waals surface area contributed by atoms with Crippen molar-refractivity contribution in [3.63, 3.8) is 0 Å². The summed E-state index contributed by atoms with van der Waals surface area (Å²) in [5.74, 6) is -5.81. The predicted octanol–water partition coefficient (Wildman–Crippen LogP) is 3.64. The van der Waals surface area contributed by atoms with Gasteiger partial charge in [0, 0.05) is 19.2 Å². The lowest BCUT2D eigenvalue weighted by atomic mass is 9.93. The van der Waals surface area contributed by atoms with Crippen LogP contribution in [0.25, 0.3) is 0 Å². The van der Waals surface area contributed by atoms with Crippen molar-refractivity contribution in [2.45, 2.75) is 6.04 Å². The van der Waals surface area contributed by atoms with E-state index in [2.05, 4.69) is 4.99 Å². The maximum atomic E-state index is 15.0. The number of rotatable bonds is 6. The Bertz CT molecular complexity index is 1260. The molecule has 1 heterocycles. The number of methoxy groups -OCH3 is 3. The topological polar surface area (TPSA) is 130 Å². The van der Waals surface area contributed by atoms with E-state index in [1.807, 2.05) is 0 Å². The van der Waals surface area contributed by atoms with E-state index in [-0.39, 0.29) is 23.7 Å². The Morgan fingerprint density at radius 1 is 1.06 bits per heavy atom. The molecule has 11 nitrogen and oxygen atoms in total. The highest BCUT2D eigenvalue weighted by molar-refractivity contribution is 6.00. The number of carbonyl (C=O) groups is 2. The molecule has 14 heteroatoms. The highest BCUT2D eigenvalue weighted by Crippen LogP contribution is 2.39. The predicted molar refractivity (Wildman–Crippen MR) is 115 cm³/mol. The van der Waals surface area contributed by atoms with E-state index in [1.165, 1.54) is 7.11 Å². The maximum Gasteiger partial charge on any atom is 0.424 e. The average molecular weight is 509 g/mol. The number of ether oxygens (including phenoxy) is 4. The number of nitro benzene ring substituents is 1. The van der Waals surface area contributed by atoms with Crippen LogP contribution in [-0.2, 0) is 19.0 Å². The first-order valence-electron chi connectivity index (χ1n) is 9.96. The van der Waals surface area contributed by atoms with Crippen molar-refractivity contribution in [1.29, 1.82) is 0 Å². The molecule has 190 valence electrons. The van der Waals surface area contributed by atoms with Gasteiger partial charge in [0.25, 0.3) is 5.69 Å². The maximum absolute atomic E-state index is 15.0. The third-order valence-electron chi connectivity index (χ3n) is 4.95. The van der Waals surface area contributed by atoms with Gasteiger partial charge in [-0.15, -0.1) is 0 Å². The molecule has 0 spiro atoms. The van der Waals surface area contributed by atoms with Crippen molar-refractivity contribution in [2.24, 2.45) is 4.99 Å². The summed E-state index contributed by atoms with van der Waals surface area (Å²) in [6.07, 6.45) is -1.37. The van der Waals surface area contributed by atoms with E-state index in [1.54, 1.807) is 0 Å². The molecule has 1 unspecified atom stereocenters. The van der Waals surface area contributed by atoms with Gasteiger partial charge in [0.1, 0.15) is 17.6 Å². The van der Waals surface area contributed by atoms with Crippen molar-refractivity contribution in [1.82, 2.24) is 4.90 Å². The number of amidine groups is 1. The number of non-ortho nitro benzene ring substituents is 1. The number of esters is 1. The fourth-order valence-electron chi connectivity index (χ4n) is 3.39. The summed E-state index contributed by atoms with van der Waals surface area (Å²) in [5.41, 5.74) is -2.10. The summed E-state index contributed by atoms with van der Waals surface area (Å²) < 4.78 is 64.2. The molecule has 0 saturated heterocycles. The minimum Gasteiger partial charge on any atom is -0.468 e. The van der Waals surface area contributed by atoms with Gasteiger partial charge in [-0.25, -0.2) is 27.7 Å². The van der Waals surface area contributed by atoms with Crippen LogP contribution in [0.2, 0.25) is 0 Å². The van der Waals surface area contributed by atoms with Gasteiger partial charge >= 0.3 is 18.1 Å². The van der Waals surface area contributed by atoms with Crippen molar-refractivity contribution < 1.29 is 46.6 Å². The van der Waals surface area contributed by atoms with Crippen LogP contribution in [0.4, 0.5) is 23.7 Å². The summed E-state index contributed by atoms with van der Waals surface area (Å²) in [6, 6.07) is 2.83. The molecule has 0 fully saturated rings. The van der Waals surface area contributed by atoms with Gasteiger partial charge < -0.3 is 18.9 Å². The Morgan fingerprint density at radius 2 is 1.69 bits per heavy atom. The van der Waals surface area contributed by atoms with Crippen molar-refractivity contribution in [2.75, 3.05) is 27.9 Å². The molecule has 3 rings (SSSR count). The Hall–Kier alpha value is -4.46. The lowest BCUT2D eigenvalue weighted by Gasteiger charge is -2.35. The van der Waals surface area contributed by atoms with E-state index in [4.69, 9.17) is 18.9 Å². The second-order valence-electron chi connectivity index (χ2n) is 7.03. The van der Waals surface area contributed by atoms with Crippen molar-refractivity contribution >= 4 is 23.8 Å². The van der Waals surface area contributed by atoms with Gasteiger partial charge in [-0.3, -0.25) is 10.1 Å². The zero-order valence-electron chi connectivity index (χ0n) is 19.0. The Morgan fingerprint density at radius 3 is 2.25 bits per heavy atom. The third-order valence-corrected chi connectivity index (χ3v) is 4.95. The summed E-state index contributed by atoms with van der Waals surface area (Å²) in [7, 11) is 3.30. The standard InChI is InChI=1S/C22H18F3N3O8/c1-33-10-15-17(20(29)34-2)19(16-13(23)8-9-14(24)18(16)25)27(21(26-15)35-3)22(30)36-12-6-4-11(5-7-12)28(31)32/h4-9,19H,10H2,1-3H3. The molecule has 1 aliphatic heterocycles. The number of hydrogen-bond acceptors (Lipinski definition) is 9. The number of hydrogen-bond donors (Lipinski definition) is 0. The van der Waals surface area contributed by atoms with Crippen LogP contribution >= 0.6 is 0 Å². The van der Waals surface area contributed by atoms with E-state index in [9.17, 15) is 32.9 Å². The van der Waals surface area contributed by atoms with Crippen LogP contribution in [-0.4, -0.2) is 55.8 Å². The number of halogens is 3. The molecule has 36 heavy (non-hydrogen) atoms. The first-order valence-corrected chi connectivity index (χ1v) is 9.96. The van der Waals surface area contributed by atoms with Crippen molar-refractivity contribution in [3.8, 4) is 5.75 Å².